The number of ether oxygens (including phenoxy) is 1. The predicted molar refractivity (Wildman–Crippen MR) is 82.9 cm³/mol. The Labute approximate surface area is 120 Å². The van der Waals surface area contributed by atoms with Gasteiger partial charge in [0.15, 0.2) is 0 Å². The van der Waals surface area contributed by atoms with Crippen LogP contribution in [-0.4, -0.2) is 45.3 Å². The molecule has 0 bridgehead atoms. The van der Waals surface area contributed by atoms with Crippen molar-refractivity contribution in [2.75, 3.05) is 32.6 Å². The maximum absolute atomic E-state index is 11.2. The van der Waals surface area contributed by atoms with Crippen LogP contribution in [0.1, 0.15) is 53.9 Å². The van der Waals surface area contributed by atoms with Gasteiger partial charge in [-0.2, -0.15) is 0 Å². The average Bonchev–Trinajstić information content (AvgIpc) is 2.39. The van der Waals surface area contributed by atoms with Crippen LogP contribution in [-0.2, 0) is 14.8 Å². The summed E-state index contributed by atoms with van der Waals surface area (Å²) in [6, 6.07) is 0. The van der Waals surface area contributed by atoms with Crippen molar-refractivity contribution in [2.24, 2.45) is 5.92 Å². The third kappa shape index (κ3) is 11.4. The summed E-state index contributed by atoms with van der Waals surface area (Å²) in [6.45, 7) is 13.0. The lowest BCUT2D eigenvalue weighted by Crippen LogP contribution is -2.38. The fourth-order valence-electron chi connectivity index (χ4n) is 1.69. The van der Waals surface area contributed by atoms with Gasteiger partial charge in [0, 0.05) is 26.3 Å². The molecule has 0 N–H and O–H groups in total. The maximum Gasteiger partial charge on any atom is 0.211 e. The van der Waals surface area contributed by atoms with Gasteiger partial charge in [0.05, 0.1) is 6.26 Å². The maximum atomic E-state index is 11.2. The molecule has 5 heteroatoms. The van der Waals surface area contributed by atoms with Crippen LogP contribution in [0.5, 0.6) is 0 Å². The van der Waals surface area contributed by atoms with E-state index in [1.54, 1.807) is 4.31 Å². The summed E-state index contributed by atoms with van der Waals surface area (Å²) in [4.78, 5) is 0. The minimum Gasteiger partial charge on any atom is -0.381 e. The van der Waals surface area contributed by atoms with E-state index in [9.17, 15) is 8.42 Å². The molecule has 0 radical (unpaired) electrons. The van der Waals surface area contributed by atoms with Gasteiger partial charge in [-0.1, -0.05) is 34.1 Å². The molecule has 1 aliphatic rings. The zero-order valence-electron chi connectivity index (χ0n) is 13.6. The normalized spacial score (nSPS) is 16.9. The highest BCUT2D eigenvalue weighted by atomic mass is 32.2. The SMILES string of the molecule is CC.CCC.CCOCC1CCN(S(C)(=O)=O)CC1. The van der Waals surface area contributed by atoms with Gasteiger partial charge in [-0.15, -0.1) is 0 Å². The number of piperidine rings is 1. The van der Waals surface area contributed by atoms with E-state index in [0.717, 1.165) is 26.1 Å². The second kappa shape index (κ2) is 12.9. The molecule has 0 saturated carbocycles. The molecule has 0 aromatic rings. The predicted octanol–water partition coefficient (Wildman–Crippen LogP) is 3.14. The van der Waals surface area contributed by atoms with Crippen molar-refractivity contribution < 1.29 is 13.2 Å². The molecule has 1 saturated heterocycles. The zero-order valence-corrected chi connectivity index (χ0v) is 14.4. The summed E-state index contributed by atoms with van der Waals surface area (Å²) in [5.41, 5.74) is 0. The second-order valence-corrected chi connectivity index (χ2v) is 6.45. The van der Waals surface area contributed by atoms with E-state index < -0.39 is 10.0 Å². The molecule has 1 heterocycles. The monoisotopic (exact) mass is 295 g/mol. The Morgan fingerprint density at radius 2 is 1.53 bits per heavy atom. The van der Waals surface area contributed by atoms with Crippen LogP contribution >= 0.6 is 0 Å². The molecular weight excluding hydrogens is 262 g/mol. The molecule has 0 aromatic carbocycles. The highest BCUT2D eigenvalue weighted by Gasteiger charge is 2.24. The third-order valence-corrected chi connectivity index (χ3v) is 3.90. The summed E-state index contributed by atoms with van der Waals surface area (Å²) < 4.78 is 29.3. The molecule has 1 rings (SSSR count). The summed E-state index contributed by atoms with van der Waals surface area (Å²) in [5, 5.41) is 0. The van der Waals surface area contributed by atoms with Crippen molar-refractivity contribution in [3.63, 3.8) is 0 Å². The molecule has 19 heavy (non-hydrogen) atoms. The van der Waals surface area contributed by atoms with Crippen LogP contribution in [0.4, 0.5) is 0 Å². The molecule has 0 aliphatic carbocycles. The molecule has 0 atom stereocenters. The zero-order chi connectivity index (χ0) is 15.3. The fraction of sp³-hybridized carbons (Fsp3) is 1.00. The Morgan fingerprint density at radius 1 is 1.11 bits per heavy atom. The Bertz CT molecular complexity index is 270. The number of sulfonamides is 1. The molecule has 1 fully saturated rings. The number of nitrogens with zero attached hydrogens (tertiary/aromatic N) is 1. The molecule has 118 valence electrons. The molecule has 4 nitrogen and oxygen atoms in total. The Kier molecular flexibility index (Phi) is 14.4. The highest BCUT2D eigenvalue weighted by Crippen LogP contribution is 2.19. The van der Waals surface area contributed by atoms with E-state index in [1.807, 2.05) is 20.8 Å². The van der Waals surface area contributed by atoms with Gasteiger partial charge in [0.25, 0.3) is 0 Å². The smallest absolute Gasteiger partial charge is 0.211 e. The number of hydrogen-bond donors (Lipinski definition) is 0. The van der Waals surface area contributed by atoms with E-state index in [2.05, 4.69) is 13.8 Å². The largest absolute Gasteiger partial charge is 0.381 e. The fourth-order valence-corrected chi connectivity index (χ4v) is 2.57. The standard InChI is InChI=1S/C9H19NO3S.C3H8.C2H6/c1-3-13-8-9-4-6-10(7-5-9)14(2,11)12;1-3-2;1-2/h9H,3-8H2,1-2H3;3H2,1-2H3;1-2H3. The Balaban J connectivity index is 0. The van der Waals surface area contributed by atoms with Crippen LogP contribution in [0, 0.1) is 5.92 Å². The Morgan fingerprint density at radius 3 is 1.84 bits per heavy atom. The lowest BCUT2D eigenvalue weighted by atomic mass is 9.99. The first kappa shape index (κ1) is 21.2. The van der Waals surface area contributed by atoms with Gasteiger partial charge >= 0.3 is 0 Å². The van der Waals surface area contributed by atoms with Crippen molar-refractivity contribution in [1.29, 1.82) is 0 Å². The third-order valence-electron chi connectivity index (χ3n) is 2.60. The van der Waals surface area contributed by atoms with Crippen LogP contribution < -0.4 is 0 Å². The van der Waals surface area contributed by atoms with Gasteiger partial charge in [-0.25, -0.2) is 12.7 Å². The van der Waals surface area contributed by atoms with Gasteiger partial charge in [-0.05, 0) is 25.7 Å². The molecule has 0 amide bonds. The highest BCUT2D eigenvalue weighted by molar-refractivity contribution is 7.88. The molecule has 1 aliphatic heterocycles. The van der Waals surface area contributed by atoms with Crippen LogP contribution in [0.15, 0.2) is 0 Å². The first-order valence-electron chi connectivity index (χ1n) is 7.48. The molecular formula is C14H33NO3S. The number of rotatable bonds is 4. The summed E-state index contributed by atoms with van der Waals surface area (Å²) in [7, 11) is -2.98. The van der Waals surface area contributed by atoms with Crippen LogP contribution in [0.25, 0.3) is 0 Å². The van der Waals surface area contributed by atoms with Crippen molar-refractivity contribution in [2.45, 2.75) is 53.9 Å². The minimum atomic E-state index is -2.98. The van der Waals surface area contributed by atoms with Crippen molar-refractivity contribution >= 4 is 10.0 Å². The molecule has 0 aromatic heterocycles. The second-order valence-electron chi connectivity index (χ2n) is 4.47. The van der Waals surface area contributed by atoms with E-state index in [-0.39, 0.29) is 0 Å². The van der Waals surface area contributed by atoms with Crippen molar-refractivity contribution in [1.82, 2.24) is 4.31 Å². The lowest BCUT2D eigenvalue weighted by Gasteiger charge is -2.29. The van der Waals surface area contributed by atoms with Crippen LogP contribution in [0.3, 0.4) is 0 Å². The van der Waals surface area contributed by atoms with Crippen LogP contribution in [0.2, 0.25) is 0 Å². The van der Waals surface area contributed by atoms with E-state index in [1.165, 1.54) is 12.7 Å². The van der Waals surface area contributed by atoms with E-state index in [0.29, 0.717) is 19.0 Å². The first-order valence-corrected chi connectivity index (χ1v) is 9.33. The topological polar surface area (TPSA) is 46.6 Å². The molecule has 0 spiro atoms. The lowest BCUT2D eigenvalue weighted by molar-refractivity contribution is 0.0884. The van der Waals surface area contributed by atoms with Crippen molar-refractivity contribution in [3.8, 4) is 0 Å². The van der Waals surface area contributed by atoms with E-state index in [4.69, 9.17) is 4.74 Å². The average molecular weight is 295 g/mol. The summed E-state index contributed by atoms with van der Waals surface area (Å²) >= 11 is 0. The van der Waals surface area contributed by atoms with Gasteiger partial charge in [0.2, 0.25) is 10.0 Å². The van der Waals surface area contributed by atoms with Gasteiger partial charge in [0.1, 0.15) is 0 Å². The Hall–Kier alpha value is -0.130. The minimum absolute atomic E-state index is 0.535. The van der Waals surface area contributed by atoms with Gasteiger partial charge in [-0.3, -0.25) is 0 Å². The summed E-state index contributed by atoms with van der Waals surface area (Å²) in [5.74, 6) is 0.535. The van der Waals surface area contributed by atoms with E-state index >= 15 is 0 Å². The van der Waals surface area contributed by atoms with Crippen molar-refractivity contribution in [3.05, 3.63) is 0 Å². The number of hydrogen-bond acceptors (Lipinski definition) is 3. The quantitative estimate of drug-likeness (QED) is 0.800. The molecule has 0 unspecified atom stereocenters. The first-order chi connectivity index (χ1) is 8.95. The van der Waals surface area contributed by atoms with Gasteiger partial charge < -0.3 is 4.74 Å². The summed E-state index contributed by atoms with van der Waals surface area (Å²) in [6.07, 6.45) is 4.37.